The fourth-order valence-corrected chi connectivity index (χ4v) is 6.08. The number of nitrogens with zero attached hydrogens (tertiary/aromatic N) is 1. The van der Waals surface area contributed by atoms with Crippen LogP contribution in [-0.2, 0) is 27.5 Å². The van der Waals surface area contributed by atoms with Crippen LogP contribution in [0.15, 0.2) is 79.0 Å². The highest BCUT2D eigenvalue weighted by Gasteiger charge is 2.34. The smallest absolute Gasteiger partial charge is 0.231 e. The summed E-state index contributed by atoms with van der Waals surface area (Å²) in [5.41, 5.74) is 7.45. The fraction of sp³-hybridized carbons (Fsp3) is 0.600. The van der Waals surface area contributed by atoms with Crippen molar-refractivity contribution in [2.24, 2.45) is 21.7 Å². The maximum Gasteiger partial charge on any atom is 0.231 e. The Morgan fingerprint density at radius 3 is 1.46 bits per heavy atom. The highest BCUT2D eigenvalue weighted by atomic mass is 16.5. The molecule has 1 aromatic heterocycles. The van der Waals surface area contributed by atoms with E-state index in [9.17, 15) is 9.59 Å². The number of fused-ring (bicyclic) bond motifs is 1. The van der Waals surface area contributed by atoms with Gasteiger partial charge in [-0.2, -0.15) is 0 Å². The maximum absolute atomic E-state index is 12.4. The van der Waals surface area contributed by atoms with E-state index in [2.05, 4.69) is 205 Å². The molecule has 3 aromatic carbocycles. The predicted octanol–water partition coefficient (Wildman–Crippen LogP) is 15.8. The highest BCUT2D eigenvalue weighted by Crippen LogP contribution is 2.41. The van der Waals surface area contributed by atoms with Crippen molar-refractivity contribution in [2.45, 2.75) is 187 Å². The van der Waals surface area contributed by atoms with E-state index in [0.717, 1.165) is 41.7 Å². The lowest BCUT2D eigenvalue weighted by Crippen LogP contribution is -2.33. The van der Waals surface area contributed by atoms with E-state index in [-0.39, 0.29) is 43.8 Å². The number of hydrogen-bond donors (Lipinski definition) is 0. The number of ether oxygens (including phenoxy) is 1. The van der Waals surface area contributed by atoms with Gasteiger partial charge < -0.3 is 4.74 Å². The van der Waals surface area contributed by atoms with Gasteiger partial charge in [-0.25, -0.2) is 0 Å². The summed E-state index contributed by atoms with van der Waals surface area (Å²) in [5.74, 6) is 1.49. The summed E-state index contributed by atoms with van der Waals surface area (Å²) in [6.07, 6.45) is 5.62. The summed E-state index contributed by atoms with van der Waals surface area (Å²) in [4.78, 5) is 24.4. The number of hydrogen-bond acceptors (Lipinski definition) is 3. The molecule has 4 heteroatoms. The van der Waals surface area contributed by atoms with Crippen molar-refractivity contribution < 1.29 is 14.3 Å². The van der Waals surface area contributed by atoms with Gasteiger partial charge in [-0.15, -0.1) is 0 Å². The van der Waals surface area contributed by atoms with Crippen molar-refractivity contribution in [1.82, 2.24) is 4.57 Å². The molecule has 0 radical (unpaired) electrons. The Bertz CT molecular complexity index is 1910. The van der Waals surface area contributed by atoms with Crippen LogP contribution in [0.3, 0.4) is 0 Å². The minimum atomic E-state index is 0.131. The normalized spacial score (nSPS) is 12.9. The average molecular weight is 808 g/mol. The number of carbonyl (C=O) groups is 2. The minimum Gasteiger partial charge on any atom is -0.493 e. The molecule has 4 nitrogen and oxygen atoms in total. The Morgan fingerprint density at radius 2 is 1.00 bits per heavy atom. The Kier molecular flexibility index (Phi) is 17.3. The summed E-state index contributed by atoms with van der Waals surface area (Å²) >= 11 is 0. The molecule has 0 amide bonds. The van der Waals surface area contributed by atoms with E-state index >= 15 is 0 Å². The standard InChI is InChI=1S/C19H27NO.C18H30O.C18H28O/c1-18(2,3)11-9-17(21)20-12-10-14-13-15(19(4,5)6)7-8-16(14)20;1-16(2,3)13-19-15-11-9-14(10-12-15)18(7,8)17(4,5)6;1-17(2,3)12-11-16(19)13-14-7-9-15(10-8-14)18(4,5)6/h7-8,10,12-13H,9,11H2,1-6H3;9-12H,13H2,1-8H3;7-10H,11-13H2,1-6H3. The second-order valence-corrected chi connectivity index (χ2v) is 24.1. The molecule has 4 rings (SSSR count). The Hall–Kier alpha value is -3.66. The van der Waals surface area contributed by atoms with E-state index in [4.69, 9.17) is 4.74 Å². The van der Waals surface area contributed by atoms with Crippen molar-refractivity contribution in [2.75, 3.05) is 6.61 Å². The largest absolute Gasteiger partial charge is 0.493 e. The van der Waals surface area contributed by atoms with Crippen LogP contribution in [0.25, 0.3) is 10.9 Å². The first-order chi connectivity index (χ1) is 26.6. The zero-order valence-corrected chi connectivity index (χ0v) is 41.4. The van der Waals surface area contributed by atoms with Crippen LogP contribution >= 0.6 is 0 Å². The molecular formula is C55H85NO3. The van der Waals surface area contributed by atoms with Gasteiger partial charge in [0.05, 0.1) is 12.1 Å². The fourth-order valence-electron chi connectivity index (χ4n) is 6.08. The van der Waals surface area contributed by atoms with E-state index in [1.54, 1.807) is 4.57 Å². The molecule has 59 heavy (non-hydrogen) atoms. The molecule has 0 atom stereocenters. The van der Waals surface area contributed by atoms with Gasteiger partial charge in [0.1, 0.15) is 11.5 Å². The maximum atomic E-state index is 12.4. The monoisotopic (exact) mass is 808 g/mol. The van der Waals surface area contributed by atoms with Gasteiger partial charge in [0.2, 0.25) is 5.91 Å². The van der Waals surface area contributed by atoms with Gasteiger partial charge in [0, 0.05) is 30.8 Å². The second kappa shape index (κ2) is 19.8. The number of carbonyl (C=O) groups excluding carboxylic acids is 2. The van der Waals surface area contributed by atoms with Crippen LogP contribution in [0.1, 0.15) is 191 Å². The van der Waals surface area contributed by atoms with Crippen molar-refractivity contribution in [1.29, 1.82) is 0 Å². The van der Waals surface area contributed by atoms with E-state index in [1.807, 2.05) is 12.3 Å². The van der Waals surface area contributed by atoms with Gasteiger partial charge in [0.25, 0.3) is 0 Å². The average Bonchev–Trinajstić information content (AvgIpc) is 3.51. The number of aromatic nitrogens is 1. The molecule has 328 valence electrons. The number of rotatable bonds is 9. The van der Waals surface area contributed by atoms with Gasteiger partial charge in [-0.3, -0.25) is 14.2 Å². The third-order valence-electron chi connectivity index (χ3n) is 11.4. The summed E-state index contributed by atoms with van der Waals surface area (Å²) in [6, 6.07) is 25.5. The first-order valence-electron chi connectivity index (χ1n) is 22.1. The van der Waals surface area contributed by atoms with Crippen molar-refractivity contribution in [3.05, 3.63) is 101 Å². The molecule has 0 aliphatic carbocycles. The van der Waals surface area contributed by atoms with Crippen LogP contribution in [0.4, 0.5) is 0 Å². The first kappa shape index (κ1) is 51.5. The van der Waals surface area contributed by atoms with Gasteiger partial charge >= 0.3 is 0 Å². The van der Waals surface area contributed by atoms with Gasteiger partial charge in [-0.1, -0.05) is 181 Å². The number of benzene rings is 3. The highest BCUT2D eigenvalue weighted by molar-refractivity contribution is 5.92. The van der Waals surface area contributed by atoms with Gasteiger partial charge in [0.15, 0.2) is 0 Å². The Labute approximate surface area is 362 Å². The summed E-state index contributed by atoms with van der Waals surface area (Å²) < 4.78 is 7.62. The van der Waals surface area contributed by atoms with Crippen LogP contribution < -0.4 is 4.74 Å². The Balaban J connectivity index is 0.000000306. The molecule has 0 unspecified atom stereocenters. The SMILES string of the molecule is CC(C)(C)CCC(=O)Cc1ccc(C(C)(C)C)cc1.CC(C)(C)CCC(=O)n1ccc2cc(C(C)(C)C)ccc21.CC(C)(C)COc1ccc(C(C)(C)C(C)(C)C)cc1. The molecule has 0 fully saturated rings. The van der Waals surface area contributed by atoms with Crippen LogP contribution in [0.5, 0.6) is 5.75 Å². The zero-order chi connectivity index (χ0) is 45.4. The van der Waals surface area contributed by atoms with E-state index in [0.29, 0.717) is 25.0 Å². The topological polar surface area (TPSA) is 48.3 Å². The zero-order valence-electron chi connectivity index (χ0n) is 41.4. The molecule has 0 N–H and O–H groups in total. The second-order valence-electron chi connectivity index (χ2n) is 24.1. The number of Topliss-reactive ketones (excluding diaryl/α,β-unsaturated/α-hetero) is 1. The molecule has 0 saturated heterocycles. The molecule has 4 aromatic rings. The Morgan fingerprint density at radius 1 is 0.525 bits per heavy atom. The first-order valence-corrected chi connectivity index (χ1v) is 22.1. The summed E-state index contributed by atoms with van der Waals surface area (Å²) in [6.45, 7) is 45.1. The van der Waals surface area contributed by atoms with Crippen LogP contribution in [0, 0.1) is 21.7 Å². The molecule has 0 bridgehead atoms. The summed E-state index contributed by atoms with van der Waals surface area (Å²) in [7, 11) is 0. The van der Waals surface area contributed by atoms with Crippen LogP contribution in [-0.4, -0.2) is 22.9 Å². The molecular weight excluding hydrogens is 723 g/mol. The molecule has 1 heterocycles. The van der Waals surface area contributed by atoms with Crippen LogP contribution in [0.2, 0.25) is 0 Å². The quantitative estimate of drug-likeness (QED) is 0.169. The lowest BCUT2D eigenvalue weighted by molar-refractivity contribution is -0.118. The molecule has 0 saturated carbocycles. The van der Waals surface area contributed by atoms with Crippen molar-refractivity contribution >= 4 is 22.6 Å². The third-order valence-corrected chi connectivity index (χ3v) is 11.4. The molecule has 0 aliphatic heterocycles. The lowest BCUT2D eigenvalue weighted by atomic mass is 9.65. The van der Waals surface area contributed by atoms with E-state index < -0.39 is 0 Å². The number of ketones is 1. The lowest BCUT2D eigenvalue weighted by Gasteiger charge is -2.39. The van der Waals surface area contributed by atoms with Crippen molar-refractivity contribution in [3.8, 4) is 5.75 Å². The van der Waals surface area contributed by atoms with E-state index in [1.165, 1.54) is 16.7 Å². The molecule has 0 spiro atoms. The third kappa shape index (κ3) is 17.8. The van der Waals surface area contributed by atoms with Crippen molar-refractivity contribution in [3.63, 3.8) is 0 Å². The molecule has 0 aliphatic rings. The summed E-state index contributed by atoms with van der Waals surface area (Å²) in [5, 5.41) is 1.14. The predicted molar refractivity (Wildman–Crippen MR) is 256 cm³/mol. The van der Waals surface area contributed by atoms with Gasteiger partial charge in [-0.05, 0) is 103 Å². The minimum absolute atomic E-state index is 0.131.